The van der Waals surface area contributed by atoms with Gasteiger partial charge in [0.15, 0.2) is 5.11 Å². The Balaban J connectivity index is 1.86. The number of benzene rings is 2. The third-order valence-electron chi connectivity index (χ3n) is 4.23. The van der Waals surface area contributed by atoms with E-state index in [0.717, 1.165) is 24.5 Å². The minimum Gasteiger partial charge on any atom is -0.496 e. The topological polar surface area (TPSA) is 50.8 Å². The largest absolute Gasteiger partial charge is 0.496 e. The van der Waals surface area contributed by atoms with Gasteiger partial charge >= 0.3 is 0 Å². The van der Waals surface area contributed by atoms with Crippen LogP contribution >= 0.6 is 60.0 Å². The average Bonchev–Trinajstić information content (AvgIpc) is 2.93. The van der Waals surface area contributed by atoms with Crippen molar-refractivity contribution in [1.29, 1.82) is 0 Å². The summed E-state index contributed by atoms with van der Waals surface area (Å²) in [6.07, 6.45) is 1.78. The van der Waals surface area contributed by atoms with Gasteiger partial charge in [-0.3, -0.25) is 9.69 Å². The maximum absolute atomic E-state index is 12.4. The van der Waals surface area contributed by atoms with E-state index in [1.807, 2.05) is 37.3 Å². The molecule has 1 fully saturated rings. The number of thiocarbonyl (C=S) groups is 1. The lowest BCUT2D eigenvalue weighted by Crippen LogP contribution is -2.30. The monoisotopic (exact) mass is 602 g/mol. The molecule has 1 N–H and O–H groups in total. The van der Waals surface area contributed by atoms with E-state index in [4.69, 9.17) is 21.7 Å². The quantitative estimate of drug-likeness (QED) is 0.342. The number of amides is 1. The fourth-order valence-corrected chi connectivity index (χ4v) is 5.65. The van der Waals surface area contributed by atoms with Crippen LogP contribution in [0.2, 0.25) is 0 Å². The Hall–Kier alpha value is -1.42. The smallest absolute Gasteiger partial charge is 0.276 e. The van der Waals surface area contributed by atoms with Gasteiger partial charge in [0.1, 0.15) is 23.8 Å². The van der Waals surface area contributed by atoms with Crippen molar-refractivity contribution in [1.82, 2.24) is 10.2 Å². The number of methoxy groups -OCH3 is 1. The van der Waals surface area contributed by atoms with Crippen molar-refractivity contribution in [2.45, 2.75) is 13.5 Å². The minimum absolute atomic E-state index is 0.131. The summed E-state index contributed by atoms with van der Waals surface area (Å²) in [6.45, 7) is 2.70. The van der Waals surface area contributed by atoms with Crippen LogP contribution in [-0.2, 0) is 11.4 Å². The van der Waals surface area contributed by atoms with E-state index in [0.29, 0.717) is 35.5 Å². The third kappa shape index (κ3) is 5.02. The van der Waals surface area contributed by atoms with E-state index in [1.165, 1.54) is 4.90 Å². The maximum Gasteiger partial charge on any atom is 0.276 e. The summed E-state index contributed by atoms with van der Waals surface area (Å²) in [5, 5.41) is 3.39. The molecule has 1 aliphatic rings. The molecular formula is C20H17Br3N2O3S. The van der Waals surface area contributed by atoms with Crippen molar-refractivity contribution in [3.05, 3.63) is 60.6 Å². The first kappa shape index (κ1) is 22.3. The van der Waals surface area contributed by atoms with Crippen LogP contribution < -0.4 is 14.8 Å². The molecule has 1 heterocycles. The fraction of sp³-hybridized carbons (Fsp3) is 0.200. The second kappa shape index (κ2) is 9.59. The van der Waals surface area contributed by atoms with Crippen LogP contribution in [0, 0.1) is 0 Å². The standard InChI is InChI=1S/C20H17Br3N2O3S/c1-3-25-19(26)16(24-20(25)29)7-11-4-5-17(27-2)12(6-11)10-28-18-14(22)8-13(21)9-15(18)23/h4-9H,3,10H2,1-2H3,(H,24,29)/b16-7+. The number of nitrogens with zero attached hydrogens (tertiary/aromatic N) is 1. The fourth-order valence-electron chi connectivity index (χ4n) is 2.84. The molecule has 2 aromatic carbocycles. The molecule has 0 saturated carbocycles. The van der Waals surface area contributed by atoms with Crippen molar-refractivity contribution in [2.24, 2.45) is 0 Å². The van der Waals surface area contributed by atoms with Crippen molar-refractivity contribution >= 4 is 77.1 Å². The van der Waals surface area contributed by atoms with Crippen LogP contribution in [0.4, 0.5) is 0 Å². The number of nitrogens with one attached hydrogen (secondary N) is 1. The highest BCUT2D eigenvalue weighted by Gasteiger charge is 2.29. The van der Waals surface area contributed by atoms with E-state index >= 15 is 0 Å². The highest BCUT2D eigenvalue weighted by Crippen LogP contribution is 2.37. The van der Waals surface area contributed by atoms with Crippen LogP contribution in [0.1, 0.15) is 18.1 Å². The average molecular weight is 605 g/mol. The van der Waals surface area contributed by atoms with E-state index in [-0.39, 0.29) is 5.91 Å². The zero-order valence-electron chi connectivity index (χ0n) is 15.6. The van der Waals surface area contributed by atoms with Gasteiger partial charge in [0.05, 0.1) is 16.1 Å². The van der Waals surface area contributed by atoms with Crippen molar-refractivity contribution in [2.75, 3.05) is 13.7 Å². The molecule has 0 aromatic heterocycles. The number of halogens is 3. The summed E-state index contributed by atoms with van der Waals surface area (Å²) in [4.78, 5) is 13.9. The molecular weight excluding hydrogens is 588 g/mol. The molecule has 0 bridgehead atoms. The lowest BCUT2D eigenvalue weighted by Gasteiger charge is -2.14. The molecule has 1 amide bonds. The van der Waals surface area contributed by atoms with Gasteiger partial charge in [-0.1, -0.05) is 22.0 Å². The third-order valence-corrected chi connectivity index (χ3v) is 6.19. The number of hydrogen-bond donors (Lipinski definition) is 1. The summed E-state index contributed by atoms with van der Waals surface area (Å²) in [5.41, 5.74) is 2.14. The molecule has 0 radical (unpaired) electrons. The Labute approximate surface area is 199 Å². The van der Waals surface area contributed by atoms with Crippen molar-refractivity contribution in [3.8, 4) is 11.5 Å². The number of likely N-dealkylation sites (N-methyl/N-ethyl adjacent to an activating group) is 1. The van der Waals surface area contributed by atoms with E-state index in [2.05, 4.69) is 53.1 Å². The summed E-state index contributed by atoms with van der Waals surface area (Å²) in [5.74, 6) is 1.26. The lowest BCUT2D eigenvalue weighted by atomic mass is 10.1. The normalized spacial score (nSPS) is 15.1. The van der Waals surface area contributed by atoms with Gasteiger partial charge in [-0.05, 0) is 86.9 Å². The van der Waals surface area contributed by atoms with Crippen molar-refractivity contribution in [3.63, 3.8) is 0 Å². The number of rotatable bonds is 6. The lowest BCUT2D eigenvalue weighted by molar-refractivity contribution is -0.122. The summed E-state index contributed by atoms with van der Waals surface area (Å²) in [6, 6.07) is 9.49. The number of ether oxygens (including phenoxy) is 2. The van der Waals surface area contributed by atoms with Gasteiger partial charge in [0, 0.05) is 16.6 Å². The Kier molecular flexibility index (Phi) is 7.37. The van der Waals surface area contributed by atoms with Crippen LogP contribution in [0.15, 0.2) is 49.4 Å². The van der Waals surface area contributed by atoms with Crippen LogP contribution in [0.25, 0.3) is 6.08 Å². The number of carbonyl (C=O) groups is 1. The summed E-state index contributed by atoms with van der Waals surface area (Å²) in [7, 11) is 1.61. The molecule has 1 aliphatic heterocycles. The molecule has 5 nitrogen and oxygen atoms in total. The van der Waals surface area contributed by atoms with E-state index in [9.17, 15) is 4.79 Å². The maximum atomic E-state index is 12.4. The summed E-state index contributed by atoms with van der Waals surface area (Å²) >= 11 is 15.7. The van der Waals surface area contributed by atoms with Gasteiger partial charge in [0.25, 0.3) is 5.91 Å². The molecule has 0 aliphatic carbocycles. The molecule has 3 rings (SSSR count). The predicted molar refractivity (Wildman–Crippen MR) is 128 cm³/mol. The molecule has 2 aromatic rings. The first-order valence-electron chi connectivity index (χ1n) is 8.62. The molecule has 9 heteroatoms. The predicted octanol–water partition coefficient (Wildman–Crippen LogP) is 5.64. The Morgan fingerprint density at radius 3 is 2.45 bits per heavy atom. The Morgan fingerprint density at radius 2 is 1.86 bits per heavy atom. The molecule has 0 spiro atoms. The van der Waals surface area contributed by atoms with E-state index < -0.39 is 0 Å². The first-order valence-corrected chi connectivity index (χ1v) is 11.4. The molecule has 152 valence electrons. The highest BCUT2D eigenvalue weighted by molar-refractivity contribution is 9.11. The Morgan fingerprint density at radius 1 is 1.17 bits per heavy atom. The SMILES string of the molecule is CCN1C(=O)/C(=C\c2ccc(OC)c(COc3c(Br)cc(Br)cc3Br)c2)NC1=S. The van der Waals surface area contributed by atoms with E-state index in [1.54, 1.807) is 13.2 Å². The van der Waals surface area contributed by atoms with Crippen LogP contribution in [0.5, 0.6) is 11.5 Å². The Bertz CT molecular complexity index is 987. The molecule has 0 atom stereocenters. The second-order valence-corrected chi connectivity index (χ2v) is 9.11. The number of hydrogen-bond acceptors (Lipinski definition) is 4. The van der Waals surface area contributed by atoms with Gasteiger partial charge in [0.2, 0.25) is 0 Å². The van der Waals surface area contributed by atoms with Gasteiger partial charge in [-0.2, -0.15) is 0 Å². The van der Waals surface area contributed by atoms with Gasteiger partial charge in [-0.15, -0.1) is 0 Å². The number of carbonyl (C=O) groups excluding carboxylic acids is 1. The van der Waals surface area contributed by atoms with Gasteiger partial charge < -0.3 is 14.8 Å². The summed E-state index contributed by atoms with van der Waals surface area (Å²) < 4.78 is 14.1. The van der Waals surface area contributed by atoms with Gasteiger partial charge in [-0.25, -0.2) is 0 Å². The zero-order valence-corrected chi connectivity index (χ0v) is 21.2. The van der Waals surface area contributed by atoms with Crippen LogP contribution in [0.3, 0.4) is 0 Å². The first-order chi connectivity index (χ1) is 13.8. The minimum atomic E-state index is -0.131. The second-order valence-electron chi connectivity index (χ2n) is 6.10. The molecule has 1 saturated heterocycles. The molecule has 0 unspecified atom stereocenters. The highest BCUT2D eigenvalue weighted by atomic mass is 79.9. The van der Waals surface area contributed by atoms with Crippen LogP contribution in [-0.4, -0.2) is 29.6 Å². The zero-order chi connectivity index (χ0) is 21.1. The van der Waals surface area contributed by atoms with Crippen molar-refractivity contribution < 1.29 is 14.3 Å². The molecule has 29 heavy (non-hydrogen) atoms.